The largest absolute Gasteiger partial charge is 0.444 e. The van der Waals surface area contributed by atoms with Crippen LogP contribution in [-0.2, 0) is 4.74 Å². The van der Waals surface area contributed by atoms with Crippen LogP contribution in [0.2, 0.25) is 0 Å². The lowest BCUT2D eigenvalue weighted by atomic mass is 10.1. The summed E-state index contributed by atoms with van der Waals surface area (Å²) in [5.74, 6) is 4.92. The van der Waals surface area contributed by atoms with Crippen LogP contribution in [0.1, 0.15) is 38.3 Å². The summed E-state index contributed by atoms with van der Waals surface area (Å²) in [5, 5.41) is 11.4. The Balaban J connectivity index is 2.50. The molecule has 1 aromatic rings. The minimum Gasteiger partial charge on any atom is -0.444 e. The Hall–Kier alpha value is -2.53. The molecule has 0 saturated carbocycles. The lowest BCUT2D eigenvalue weighted by Crippen LogP contribution is -2.32. The van der Waals surface area contributed by atoms with E-state index in [2.05, 4.69) is 17.2 Å². The van der Waals surface area contributed by atoms with E-state index >= 15 is 0 Å². The Kier molecular flexibility index (Phi) is 5.75. The second-order valence-corrected chi connectivity index (χ2v) is 5.25. The highest BCUT2D eigenvalue weighted by molar-refractivity contribution is 5.67. The van der Waals surface area contributed by atoms with Crippen LogP contribution < -0.4 is 5.32 Å². The normalized spacial score (nSPS) is 10.0. The number of nitrogens with one attached hydrogen (secondary N) is 1. The Morgan fingerprint density at radius 3 is 2.76 bits per heavy atom. The summed E-state index contributed by atoms with van der Waals surface area (Å²) in [6, 6.07) is 6.08. The lowest BCUT2D eigenvalue weighted by molar-refractivity contribution is 0.0529. The average Bonchev–Trinajstić information content (AvgIpc) is 2.36. The van der Waals surface area contributed by atoms with Crippen molar-refractivity contribution < 1.29 is 13.9 Å². The molecule has 0 saturated heterocycles. The van der Waals surface area contributed by atoms with E-state index in [0.717, 1.165) is 0 Å². The third-order valence-electron chi connectivity index (χ3n) is 2.27. The third-order valence-corrected chi connectivity index (χ3v) is 2.27. The van der Waals surface area contributed by atoms with Crippen molar-refractivity contribution in [3.05, 3.63) is 35.1 Å². The van der Waals surface area contributed by atoms with Gasteiger partial charge < -0.3 is 10.1 Å². The number of rotatable bonds is 2. The number of carbonyl (C=O) groups excluding carboxylic acids is 1. The summed E-state index contributed by atoms with van der Waals surface area (Å²) < 4.78 is 18.4. The number of alkyl carbamates (subject to hydrolysis) is 1. The summed E-state index contributed by atoms with van der Waals surface area (Å²) in [6.07, 6.45) is -0.131. The number of nitrogens with zero attached hydrogens (tertiary/aromatic N) is 1. The molecule has 0 spiro atoms. The van der Waals surface area contributed by atoms with Gasteiger partial charge >= 0.3 is 6.09 Å². The van der Waals surface area contributed by atoms with Gasteiger partial charge in [-0.3, -0.25) is 0 Å². The maximum absolute atomic E-state index is 13.3. The van der Waals surface area contributed by atoms with Crippen molar-refractivity contribution >= 4 is 6.09 Å². The van der Waals surface area contributed by atoms with Crippen LogP contribution in [0.15, 0.2) is 18.2 Å². The third kappa shape index (κ3) is 5.97. The molecule has 0 aliphatic rings. The van der Waals surface area contributed by atoms with Crippen LogP contribution in [-0.4, -0.2) is 18.2 Å². The topological polar surface area (TPSA) is 62.1 Å². The number of halogens is 1. The van der Waals surface area contributed by atoms with E-state index in [9.17, 15) is 9.18 Å². The molecule has 1 amide bonds. The van der Waals surface area contributed by atoms with Gasteiger partial charge in [0.2, 0.25) is 0 Å². The molecule has 0 heterocycles. The van der Waals surface area contributed by atoms with Gasteiger partial charge in [0, 0.05) is 18.5 Å². The smallest absolute Gasteiger partial charge is 0.407 e. The molecule has 0 radical (unpaired) electrons. The fraction of sp³-hybridized carbons (Fsp3) is 0.375. The molecule has 0 fully saturated rings. The Morgan fingerprint density at radius 2 is 2.14 bits per heavy atom. The minimum atomic E-state index is -0.587. The molecule has 0 bridgehead atoms. The highest BCUT2D eigenvalue weighted by atomic mass is 19.1. The van der Waals surface area contributed by atoms with Crippen LogP contribution in [0.3, 0.4) is 0 Å². The molecule has 21 heavy (non-hydrogen) atoms. The van der Waals surface area contributed by atoms with Crippen LogP contribution in [0.4, 0.5) is 9.18 Å². The zero-order chi connectivity index (χ0) is 15.9. The van der Waals surface area contributed by atoms with Crippen molar-refractivity contribution in [1.29, 1.82) is 5.26 Å². The van der Waals surface area contributed by atoms with Crippen molar-refractivity contribution in [3.8, 4) is 17.9 Å². The van der Waals surface area contributed by atoms with Crippen molar-refractivity contribution in [3.63, 3.8) is 0 Å². The van der Waals surface area contributed by atoms with Gasteiger partial charge in [-0.25, -0.2) is 9.18 Å². The number of amides is 1. The second-order valence-electron chi connectivity index (χ2n) is 5.25. The first-order valence-electron chi connectivity index (χ1n) is 6.48. The van der Waals surface area contributed by atoms with Gasteiger partial charge in [0.1, 0.15) is 23.1 Å². The molecule has 0 aliphatic heterocycles. The van der Waals surface area contributed by atoms with E-state index in [1.165, 1.54) is 12.1 Å². The molecule has 1 N–H and O–H groups in total. The predicted octanol–water partition coefficient (Wildman–Crippen LogP) is 2.96. The zero-order valence-corrected chi connectivity index (χ0v) is 12.3. The SMILES string of the molecule is CC(C)(C)OC(=O)NCCC#Cc1cccc(F)c1C#N. The standard InChI is InChI=1S/C16H17FN2O2/c1-16(2,3)21-15(20)19-10-5-4-7-12-8-6-9-14(17)13(12)11-18/h6,8-9H,5,10H2,1-3H3,(H,19,20). The molecule has 110 valence electrons. The average molecular weight is 288 g/mol. The molecule has 0 unspecified atom stereocenters. The number of ether oxygens (including phenoxy) is 1. The number of nitriles is 1. The fourth-order valence-corrected chi connectivity index (χ4v) is 1.44. The van der Waals surface area contributed by atoms with Crippen molar-refractivity contribution in [2.45, 2.75) is 32.8 Å². The van der Waals surface area contributed by atoms with Gasteiger partial charge in [-0.05, 0) is 32.9 Å². The highest BCUT2D eigenvalue weighted by Crippen LogP contribution is 2.11. The van der Waals surface area contributed by atoms with Crippen LogP contribution in [0.25, 0.3) is 0 Å². The maximum Gasteiger partial charge on any atom is 0.407 e. The molecular formula is C16H17FN2O2. The van der Waals surface area contributed by atoms with E-state index in [4.69, 9.17) is 10.00 Å². The minimum absolute atomic E-state index is 0.0647. The predicted molar refractivity (Wildman–Crippen MR) is 76.8 cm³/mol. The molecule has 5 heteroatoms. The first-order chi connectivity index (χ1) is 9.83. The van der Waals surface area contributed by atoms with E-state index in [-0.39, 0.29) is 5.56 Å². The Morgan fingerprint density at radius 1 is 1.43 bits per heavy atom. The molecule has 1 rings (SSSR count). The molecule has 1 aromatic carbocycles. The summed E-state index contributed by atoms with van der Waals surface area (Å²) in [5.41, 5.74) is -0.265. The number of benzene rings is 1. The lowest BCUT2D eigenvalue weighted by Gasteiger charge is -2.19. The summed E-state index contributed by atoms with van der Waals surface area (Å²) in [7, 11) is 0. The fourth-order valence-electron chi connectivity index (χ4n) is 1.44. The molecule has 0 aliphatic carbocycles. The highest BCUT2D eigenvalue weighted by Gasteiger charge is 2.15. The van der Waals surface area contributed by atoms with Crippen molar-refractivity contribution in [2.24, 2.45) is 0 Å². The van der Waals surface area contributed by atoms with Gasteiger partial charge in [-0.15, -0.1) is 0 Å². The van der Waals surface area contributed by atoms with E-state index < -0.39 is 17.5 Å². The summed E-state index contributed by atoms with van der Waals surface area (Å²) >= 11 is 0. The van der Waals surface area contributed by atoms with Crippen LogP contribution in [0.5, 0.6) is 0 Å². The number of hydrogen-bond acceptors (Lipinski definition) is 3. The Labute approximate surface area is 123 Å². The van der Waals surface area contributed by atoms with Crippen LogP contribution >= 0.6 is 0 Å². The van der Waals surface area contributed by atoms with Gasteiger partial charge in [0.15, 0.2) is 0 Å². The molecule has 0 aromatic heterocycles. The quantitative estimate of drug-likeness (QED) is 0.672. The molecule has 4 nitrogen and oxygen atoms in total. The second kappa shape index (κ2) is 7.31. The Bertz CT molecular complexity index is 616. The van der Waals surface area contributed by atoms with Crippen molar-refractivity contribution in [1.82, 2.24) is 5.32 Å². The van der Waals surface area contributed by atoms with E-state index in [0.29, 0.717) is 18.5 Å². The van der Waals surface area contributed by atoms with Crippen molar-refractivity contribution in [2.75, 3.05) is 6.54 Å². The first-order valence-corrected chi connectivity index (χ1v) is 6.48. The first kappa shape index (κ1) is 16.5. The van der Waals surface area contributed by atoms with Crippen LogP contribution in [0, 0.1) is 29.0 Å². The number of carbonyl (C=O) groups is 1. The molecular weight excluding hydrogens is 271 g/mol. The maximum atomic E-state index is 13.3. The van der Waals surface area contributed by atoms with E-state index in [1.807, 2.05) is 0 Å². The van der Waals surface area contributed by atoms with E-state index in [1.54, 1.807) is 32.9 Å². The number of hydrogen-bond donors (Lipinski definition) is 1. The summed E-state index contributed by atoms with van der Waals surface area (Å²) in [4.78, 5) is 11.4. The zero-order valence-electron chi connectivity index (χ0n) is 12.3. The van der Waals surface area contributed by atoms with Gasteiger partial charge in [0.05, 0.1) is 0 Å². The van der Waals surface area contributed by atoms with Gasteiger partial charge in [-0.1, -0.05) is 17.9 Å². The monoisotopic (exact) mass is 288 g/mol. The van der Waals surface area contributed by atoms with Gasteiger partial charge in [0.25, 0.3) is 0 Å². The van der Waals surface area contributed by atoms with Gasteiger partial charge in [-0.2, -0.15) is 5.26 Å². The summed E-state index contributed by atoms with van der Waals surface area (Å²) in [6.45, 7) is 5.65. The molecule has 0 atom stereocenters.